The lowest BCUT2D eigenvalue weighted by molar-refractivity contribution is 0.238. The predicted octanol–water partition coefficient (Wildman–Crippen LogP) is 3.72. The molecule has 4 heteroatoms. The summed E-state index contributed by atoms with van der Waals surface area (Å²) < 4.78 is 1.21. The second kappa shape index (κ2) is 7.52. The molecule has 0 saturated carbocycles. The van der Waals surface area contributed by atoms with E-state index in [0.29, 0.717) is 12.1 Å². The van der Waals surface area contributed by atoms with E-state index in [-0.39, 0.29) is 0 Å². The van der Waals surface area contributed by atoms with Gasteiger partial charge >= 0.3 is 0 Å². The lowest BCUT2D eigenvalue weighted by Crippen LogP contribution is -2.40. The third-order valence-electron chi connectivity index (χ3n) is 3.18. The Kier molecular flexibility index (Phi) is 6.70. The molecule has 1 heterocycles. The van der Waals surface area contributed by atoms with E-state index in [1.165, 1.54) is 15.8 Å². The molecule has 0 fully saturated rings. The number of nitrogens with zero attached hydrogens (tertiary/aromatic N) is 1. The van der Waals surface area contributed by atoms with Crippen LogP contribution in [0.5, 0.6) is 0 Å². The summed E-state index contributed by atoms with van der Waals surface area (Å²) in [6.07, 6.45) is 1.19. The highest BCUT2D eigenvalue weighted by Gasteiger charge is 2.11. The molecule has 0 aliphatic carbocycles. The quantitative estimate of drug-likeness (QED) is 0.824. The van der Waals surface area contributed by atoms with E-state index >= 15 is 0 Å². The van der Waals surface area contributed by atoms with Crippen LogP contribution in [0.4, 0.5) is 0 Å². The van der Waals surface area contributed by atoms with E-state index in [1.54, 1.807) is 11.3 Å². The van der Waals surface area contributed by atoms with E-state index in [1.807, 2.05) is 0 Å². The van der Waals surface area contributed by atoms with Crippen LogP contribution in [0.15, 0.2) is 15.2 Å². The molecule has 0 aliphatic heterocycles. The minimum Gasteiger partial charge on any atom is -0.313 e. The Balaban J connectivity index is 2.33. The molecule has 2 atom stereocenters. The monoisotopic (exact) mass is 318 g/mol. The van der Waals surface area contributed by atoms with Gasteiger partial charge in [0, 0.05) is 25.2 Å². The number of rotatable bonds is 7. The van der Waals surface area contributed by atoms with Crippen molar-refractivity contribution in [1.82, 2.24) is 10.2 Å². The lowest BCUT2D eigenvalue weighted by atomic mass is 10.2. The van der Waals surface area contributed by atoms with Crippen molar-refractivity contribution in [1.29, 1.82) is 0 Å². The van der Waals surface area contributed by atoms with Crippen LogP contribution >= 0.6 is 27.3 Å². The van der Waals surface area contributed by atoms with Crippen LogP contribution in [0.25, 0.3) is 0 Å². The van der Waals surface area contributed by atoms with Gasteiger partial charge in [0.1, 0.15) is 0 Å². The van der Waals surface area contributed by atoms with Gasteiger partial charge in [-0.2, -0.15) is 0 Å². The summed E-state index contributed by atoms with van der Waals surface area (Å²) in [7, 11) is 2.19. The van der Waals surface area contributed by atoms with Gasteiger partial charge in [-0.05, 0) is 60.3 Å². The Bertz CT molecular complexity index is 327. The van der Waals surface area contributed by atoms with Crippen LogP contribution in [0.2, 0.25) is 0 Å². The second-order valence-corrected chi connectivity index (χ2v) is 7.03. The maximum Gasteiger partial charge on any atom is 0.0701 e. The molecule has 1 rings (SSSR count). The van der Waals surface area contributed by atoms with Crippen LogP contribution in [-0.4, -0.2) is 30.6 Å². The normalized spacial score (nSPS) is 15.2. The molecule has 0 spiro atoms. The van der Waals surface area contributed by atoms with Crippen molar-refractivity contribution in [3.05, 3.63) is 20.8 Å². The zero-order chi connectivity index (χ0) is 12.8. The SMILES string of the molecule is CCC(C)NCC(C)N(C)Cc1csc(Br)c1. The fourth-order valence-electron chi connectivity index (χ4n) is 1.54. The van der Waals surface area contributed by atoms with E-state index in [0.717, 1.165) is 13.1 Å². The summed E-state index contributed by atoms with van der Waals surface area (Å²) in [5.74, 6) is 0. The van der Waals surface area contributed by atoms with Gasteiger partial charge < -0.3 is 5.32 Å². The van der Waals surface area contributed by atoms with Gasteiger partial charge in [-0.3, -0.25) is 4.90 Å². The van der Waals surface area contributed by atoms with Gasteiger partial charge in [0.05, 0.1) is 3.79 Å². The summed E-state index contributed by atoms with van der Waals surface area (Å²) in [5.41, 5.74) is 1.39. The van der Waals surface area contributed by atoms with Gasteiger partial charge in [0.25, 0.3) is 0 Å². The van der Waals surface area contributed by atoms with Crippen molar-refractivity contribution in [2.75, 3.05) is 13.6 Å². The minimum atomic E-state index is 0.558. The van der Waals surface area contributed by atoms with E-state index in [2.05, 4.69) is 65.4 Å². The zero-order valence-electron chi connectivity index (χ0n) is 11.2. The first-order valence-corrected chi connectivity index (χ1v) is 7.86. The number of thiophene rings is 1. The highest BCUT2D eigenvalue weighted by atomic mass is 79.9. The molecule has 2 unspecified atom stereocenters. The van der Waals surface area contributed by atoms with Crippen LogP contribution in [0.1, 0.15) is 32.8 Å². The first-order valence-electron chi connectivity index (χ1n) is 6.19. The molecular formula is C13H23BrN2S. The minimum absolute atomic E-state index is 0.558. The lowest BCUT2D eigenvalue weighted by Gasteiger charge is -2.26. The Morgan fingerprint density at radius 1 is 1.47 bits per heavy atom. The van der Waals surface area contributed by atoms with Crippen molar-refractivity contribution in [2.24, 2.45) is 0 Å². The molecule has 0 aromatic carbocycles. The van der Waals surface area contributed by atoms with Gasteiger partial charge in [-0.1, -0.05) is 6.92 Å². The molecule has 0 amide bonds. The predicted molar refractivity (Wildman–Crippen MR) is 80.7 cm³/mol. The highest BCUT2D eigenvalue weighted by molar-refractivity contribution is 9.11. The third-order valence-corrected chi connectivity index (χ3v) is 4.73. The Labute approximate surface area is 118 Å². The van der Waals surface area contributed by atoms with Gasteiger partial charge in [-0.25, -0.2) is 0 Å². The molecule has 2 nitrogen and oxygen atoms in total. The highest BCUT2D eigenvalue weighted by Crippen LogP contribution is 2.21. The van der Waals surface area contributed by atoms with Crippen LogP contribution < -0.4 is 5.32 Å². The summed E-state index contributed by atoms with van der Waals surface area (Å²) in [5, 5.41) is 5.77. The van der Waals surface area contributed by atoms with E-state index in [9.17, 15) is 0 Å². The van der Waals surface area contributed by atoms with Crippen molar-refractivity contribution in [3.8, 4) is 0 Å². The zero-order valence-corrected chi connectivity index (χ0v) is 13.6. The standard InChI is InChI=1S/C13H23BrN2S/c1-5-10(2)15-7-11(3)16(4)8-12-6-13(14)17-9-12/h6,9-11,15H,5,7-8H2,1-4H3. The van der Waals surface area contributed by atoms with Gasteiger partial charge in [0.15, 0.2) is 0 Å². The Morgan fingerprint density at radius 2 is 2.18 bits per heavy atom. The first-order chi connectivity index (χ1) is 8.02. The number of likely N-dealkylation sites (N-methyl/N-ethyl adjacent to an activating group) is 1. The van der Waals surface area contributed by atoms with Crippen molar-refractivity contribution in [3.63, 3.8) is 0 Å². The number of nitrogens with one attached hydrogen (secondary N) is 1. The fraction of sp³-hybridized carbons (Fsp3) is 0.692. The summed E-state index contributed by atoms with van der Waals surface area (Å²) in [6.45, 7) is 8.80. The molecule has 17 heavy (non-hydrogen) atoms. The number of hydrogen-bond acceptors (Lipinski definition) is 3. The average Bonchev–Trinajstić information content (AvgIpc) is 2.70. The second-order valence-electron chi connectivity index (χ2n) is 4.74. The summed E-state index contributed by atoms with van der Waals surface area (Å²) in [6, 6.07) is 3.37. The maximum absolute atomic E-state index is 3.56. The Morgan fingerprint density at radius 3 is 2.71 bits per heavy atom. The number of hydrogen-bond donors (Lipinski definition) is 1. The van der Waals surface area contributed by atoms with E-state index in [4.69, 9.17) is 0 Å². The van der Waals surface area contributed by atoms with Crippen molar-refractivity contribution < 1.29 is 0 Å². The molecule has 1 aromatic rings. The molecule has 0 radical (unpaired) electrons. The van der Waals surface area contributed by atoms with Crippen molar-refractivity contribution >= 4 is 27.3 Å². The molecular weight excluding hydrogens is 296 g/mol. The van der Waals surface area contributed by atoms with Gasteiger partial charge in [-0.15, -0.1) is 11.3 Å². The maximum atomic E-state index is 3.56. The molecule has 0 bridgehead atoms. The molecule has 0 saturated heterocycles. The van der Waals surface area contributed by atoms with Crippen LogP contribution in [-0.2, 0) is 6.54 Å². The average molecular weight is 319 g/mol. The summed E-state index contributed by atoms with van der Waals surface area (Å²) in [4.78, 5) is 2.39. The topological polar surface area (TPSA) is 15.3 Å². The molecule has 1 aromatic heterocycles. The molecule has 0 aliphatic rings. The largest absolute Gasteiger partial charge is 0.313 e. The smallest absolute Gasteiger partial charge is 0.0701 e. The van der Waals surface area contributed by atoms with Gasteiger partial charge in [0.2, 0.25) is 0 Å². The molecule has 98 valence electrons. The Hall–Kier alpha value is 0.100. The summed E-state index contributed by atoms with van der Waals surface area (Å²) >= 11 is 5.26. The molecule has 1 N–H and O–H groups in total. The van der Waals surface area contributed by atoms with Crippen LogP contribution in [0.3, 0.4) is 0 Å². The number of halogens is 1. The first kappa shape index (κ1) is 15.2. The van der Waals surface area contributed by atoms with Crippen LogP contribution in [0, 0.1) is 0 Å². The van der Waals surface area contributed by atoms with E-state index < -0.39 is 0 Å². The fourth-order valence-corrected chi connectivity index (χ4v) is 2.74. The third kappa shape index (κ3) is 5.51. The van der Waals surface area contributed by atoms with Crippen molar-refractivity contribution in [2.45, 2.75) is 45.8 Å².